The second kappa shape index (κ2) is 5.60. The van der Waals surface area contributed by atoms with Crippen molar-refractivity contribution in [2.45, 2.75) is 64.0 Å². The molecular weight excluding hydrogens is 228 g/mol. The second-order valence-electron chi connectivity index (χ2n) is 5.82. The largest absolute Gasteiger partial charge is 0.235 e. The van der Waals surface area contributed by atoms with Gasteiger partial charge in [-0.25, -0.2) is 19.6 Å². The zero-order valence-electron chi connectivity index (χ0n) is 10.9. The average molecular weight is 248 g/mol. The third-order valence-electron chi connectivity index (χ3n) is 4.87. The third-order valence-corrected chi connectivity index (χ3v) is 4.87. The SMILES string of the molecule is CCC(CC12CCC(CC1)C(N=C=O)C2)N=C=O. The van der Waals surface area contributed by atoms with Gasteiger partial charge in [-0.05, 0) is 56.3 Å². The molecule has 0 radical (unpaired) electrons. The molecular formula is C14H20N2O2. The van der Waals surface area contributed by atoms with Crippen molar-refractivity contribution in [3.05, 3.63) is 0 Å². The molecule has 0 heterocycles. The van der Waals surface area contributed by atoms with Crippen molar-refractivity contribution in [1.82, 2.24) is 0 Å². The summed E-state index contributed by atoms with van der Waals surface area (Å²) < 4.78 is 0. The lowest BCUT2D eigenvalue weighted by atomic mass is 9.56. The number of rotatable bonds is 5. The van der Waals surface area contributed by atoms with E-state index in [1.807, 2.05) is 0 Å². The lowest BCUT2D eigenvalue weighted by Crippen LogP contribution is -2.43. The van der Waals surface area contributed by atoms with E-state index in [-0.39, 0.29) is 17.5 Å². The van der Waals surface area contributed by atoms with E-state index in [9.17, 15) is 9.59 Å². The topological polar surface area (TPSA) is 58.9 Å². The normalized spacial score (nSPS) is 35.4. The van der Waals surface area contributed by atoms with Crippen LogP contribution in [0.25, 0.3) is 0 Å². The molecule has 3 rings (SSSR count). The molecule has 0 aliphatic heterocycles. The molecule has 4 nitrogen and oxygen atoms in total. The predicted octanol–water partition coefficient (Wildman–Crippen LogP) is 2.78. The molecule has 0 spiro atoms. The van der Waals surface area contributed by atoms with Crippen molar-refractivity contribution >= 4 is 12.2 Å². The van der Waals surface area contributed by atoms with Gasteiger partial charge in [-0.15, -0.1) is 0 Å². The highest BCUT2D eigenvalue weighted by atomic mass is 16.1. The van der Waals surface area contributed by atoms with Gasteiger partial charge >= 0.3 is 0 Å². The van der Waals surface area contributed by atoms with E-state index < -0.39 is 0 Å². The van der Waals surface area contributed by atoms with Crippen LogP contribution in [-0.2, 0) is 9.59 Å². The fraction of sp³-hybridized carbons (Fsp3) is 0.857. The van der Waals surface area contributed by atoms with Gasteiger partial charge in [0.05, 0.1) is 12.1 Å². The highest BCUT2D eigenvalue weighted by Crippen LogP contribution is 2.54. The fourth-order valence-corrected chi connectivity index (χ4v) is 3.81. The van der Waals surface area contributed by atoms with E-state index in [0.717, 1.165) is 32.1 Å². The smallest absolute Gasteiger partial charge is 0.211 e. The van der Waals surface area contributed by atoms with Crippen molar-refractivity contribution in [3.8, 4) is 0 Å². The van der Waals surface area contributed by atoms with Crippen LogP contribution in [0, 0.1) is 11.3 Å². The fourth-order valence-electron chi connectivity index (χ4n) is 3.81. The van der Waals surface area contributed by atoms with Gasteiger partial charge in [0.1, 0.15) is 0 Å². The summed E-state index contributed by atoms with van der Waals surface area (Å²) in [6, 6.07) is 0.237. The van der Waals surface area contributed by atoms with Crippen molar-refractivity contribution < 1.29 is 9.59 Å². The second-order valence-corrected chi connectivity index (χ2v) is 5.82. The number of aliphatic imine (C=N–C) groups is 2. The van der Waals surface area contributed by atoms with Crippen LogP contribution in [0.4, 0.5) is 0 Å². The van der Waals surface area contributed by atoms with Gasteiger partial charge in [-0.1, -0.05) is 6.92 Å². The van der Waals surface area contributed by atoms with Gasteiger partial charge in [0.15, 0.2) is 0 Å². The summed E-state index contributed by atoms with van der Waals surface area (Å²) in [4.78, 5) is 28.8. The lowest BCUT2D eigenvalue weighted by molar-refractivity contribution is 0.0336. The molecule has 0 N–H and O–H groups in total. The Morgan fingerprint density at radius 3 is 2.56 bits per heavy atom. The Kier molecular flexibility index (Phi) is 4.11. The maximum absolute atomic E-state index is 10.5. The molecule has 0 aromatic carbocycles. The first-order chi connectivity index (χ1) is 8.73. The molecule has 3 aliphatic rings. The maximum Gasteiger partial charge on any atom is 0.235 e. The van der Waals surface area contributed by atoms with Gasteiger partial charge in [-0.2, -0.15) is 0 Å². The van der Waals surface area contributed by atoms with Crippen LogP contribution >= 0.6 is 0 Å². The van der Waals surface area contributed by atoms with E-state index in [2.05, 4.69) is 16.9 Å². The number of hydrogen-bond acceptors (Lipinski definition) is 4. The molecule has 0 saturated heterocycles. The number of carbonyl (C=O) groups excluding carboxylic acids is 2. The molecule has 2 atom stereocenters. The summed E-state index contributed by atoms with van der Waals surface area (Å²) in [5, 5.41) is 0. The highest BCUT2D eigenvalue weighted by molar-refractivity contribution is 5.34. The van der Waals surface area contributed by atoms with Crippen molar-refractivity contribution in [3.63, 3.8) is 0 Å². The molecule has 3 fully saturated rings. The number of nitrogens with zero attached hydrogens (tertiary/aromatic N) is 2. The standard InChI is InChI=1S/C14H20N2O2/c1-2-12(15-9-17)7-14-5-3-11(4-6-14)13(8-14)16-10-18/h11-13H,2-8H2,1H3. The zero-order chi connectivity index (χ0) is 13.0. The van der Waals surface area contributed by atoms with Gasteiger partial charge in [0, 0.05) is 0 Å². The summed E-state index contributed by atoms with van der Waals surface area (Å²) >= 11 is 0. The van der Waals surface area contributed by atoms with Crippen molar-refractivity contribution in [1.29, 1.82) is 0 Å². The first kappa shape index (κ1) is 13.2. The monoisotopic (exact) mass is 248 g/mol. The third kappa shape index (κ3) is 2.60. The Bertz CT molecular complexity index is 387. The number of fused-ring (bicyclic) bond motifs is 3. The molecule has 3 saturated carbocycles. The minimum atomic E-state index is 0.0815. The lowest BCUT2D eigenvalue weighted by Gasteiger charge is -2.50. The Balaban J connectivity index is 2.09. The first-order valence-corrected chi connectivity index (χ1v) is 6.87. The van der Waals surface area contributed by atoms with Gasteiger partial charge < -0.3 is 0 Å². The van der Waals surface area contributed by atoms with E-state index >= 15 is 0 Å². The Morgan fingerprint density at radius 2 is 2.00 bits per heavy atom. The summed E-state index contributed by atoms with van der Waals surface area (Å²) in [5.74, 6) is 0.572. The Labute approximate surface area is 108 Å². The minimum Gasteiger partial charge on any atom is -0.211 e. The van der Waals surface area contributed by atoms with Crippen LogP contribution < -0.4 is 0 Å². The van der Waals surface area contributed by atoms with E-state index in [0.29, 0.717) is 5.92 Å². The van der Waals surface area contributed by atoms with E-state index in [1.54, 1.807) is 12.2 Å². The minimum absolute atomic E-state index is 0.0815. The molecule has 18 heavy (non-hydrogen) atoms. The zero-order valence-corrected chi connectivity index (χ0v) is 10.9. The summed E-state index contributed by atoms with van der Waals surface area (Å²) in [7, 11) is 0. The predicted molar refractivity (Wildman–Crippen MR) is 67.7 cm³/mol. The number of hydrogen-bond donors (Lipinski definition) is 0. The quantitative estimate of drug-likeness (QED) is 0.555. The van der Waals surface area contributed by atoms with Crippen LogP contribution in [0.3, 0.4) is 0 Å². The van der Waals surface area contributed by atoms with Crippen LogP contribution in [-0.4, -0.2) is 24.2 Å². The molecule has 0 aromatic rings. The summed E-state index contributed by atoms with van der Waals surface area (Å²) in [6.07, 6.45) is 10.9. The molecule has 2 unspecified atom stereocenters. The van der Waals surface area contributed by atoms with Gasteiger partial charge in [0.25, 0.3) is 0 Å². The van der Waals surface area contributed by atoms with Gasteiger partial charge in [-0.3, -0.25) is 0 Å². The Hall–Kier alpha value is -1.24. The first-order valence-electron chi connectivity index (χ1n) is 6.87. The average Bonchev–Trinajstić information content (AvgIpc) is 2.40. The van der Waals surface area contributed by atoms with Gasteiger partial charge in [0.2, 0.25) is 12.2 Å². The number of isocyanates is 2. The molecule has 98 valence electrons. The summed E-state index contributed by atoms with van der Waals surface area (Å²) in [5.41, 5.74) is 0.237. The van der Waals surface area contributed by atoms with Crippen LogP contribution in [0.5, 0.6) is 0 Å². The van der Waals surface area contributed by atoms with Crippen molar-refractivity contribution in [2.24, 2.45) is 21.3 Å². The van der Waals surface area contributed by atoms with Crippen LogP contribution in [0.15, 0.2) is 9.98 Å². The molecule has 0 amide bonds. The molecule has 4 heteroatoms. The van der Waals surface area contributed by atoms with Crippen LogP contribution in [0.1, 0.15) is 51.9 Å². The molecule has 2 bridgehead atoms. The van der Waals surface area contributed by atoms with Crippen LogP contribution in [0.2, 0.25) is 0 Å². The highest BCUT2D eigenvalue weighted by Gasteiger charge is 2.46. The van der Waals surface area contributed by atoms with E-state index in [4.69, 9.17) is 0 Å². The van der Waals surface area contributed by atoms with Crippen molar-refractivity contribution in [2.75, 3.05) is 0 Å². The molecule has 0 aromatic heterocycles. The summed E-state index contributed by atoms with van der Waals surface area (Å²) in [6.45, 7) is 2.05. The molecule has 3 aliphatic carbocycles. The van der Waals surface area contributed by atoms with E-state index in [1.165, 1.54) is 12.8 Å². The Morgan fingerprint density at radius 1 is 1.28 bits per heavy atom. The maximum atomic E-state index is 10.5.